The molecular formula is C20H33N3O. The van der Waals surface area contributed by atoms with E-state index in [2.05, 4.69) is 66.7 Å². The first-order valence-corrected chi connectivity index (χ1v) is 9.26. The van der Waals surface area contributed by atoms with Crippen LogP contribution in [-0.4, -0.2) is 38.8 Å². The van der Waals surface area contributed by atoms with Crippen LogP contribution >= 0.6 is 0 Å². The van der Waals surface area contributed by atoms with Gasteiger partial charge in [0, 0.05) is 26.7 Å². The Bertz CT molecular complexity index is 501. The summed E-state index contributed by atoms with van der Waals surface area (Å²) in [5, 5.41) is 6.87. The number of guanidine groups is 1. The highest BCUT2D eigenvalue weighted by Gasteiger charge is 2.37. The van der Waals surface area contributed by atoms with E-state index in [-0.39, 0.29) is 0 Å². The first kappa shape index (κ1) is 18.8. The largest absolute Gasteiger partial charge is 0.378 e. The minimum absolute atomic E-state index is 0.312. The fourth-order valence-corrected chi connectivity index (χ4v) is 3.19. The standard InChI is InChI=1S/C20H33N3O/c1-5-24-19(15(2)3)11-12-22-20(21-4)23-14-17-13-18(17)16-9-7-6-8-10-16/h6-10,15,17-19H,5,11-14H2,1-4H3,(H2,21,22,23). The van der Waals surface area contributed by atoms with Crippen LogP contribution < -0.4 is 10.6 Å². The molecule has 24 heavy (non-hydrogen) atoms. The van der Waals surface area contributed by atoms with Crippen molar-refractivity contribution in [3.8, 4) is 0 Å². The molecule has 0 aromatic heterocycles. The van der Waals surface area contributed by atoms with Gasteiger partial charge in [-0.2, -0.15) is 0 Å². The Kier molecular flexibility index (Phi) is 7.57. The highest BCUT2D eigenvalue weighted by atomic mass is 16.5. The van der Waals surface area contributed by atoms with Crippen molar-refractivity contribution < 1.29 is 4.74 Å². The molecule has 3 unspecified atom stereocenters. The number of benzene rings is 1. The number of nitrogens with zero attached hydrogens (tertiary/aromatic N) is 1. The highest BCUT2D eigenvalue weighted by Crippen LogP contribution is 2.46. The van der Waals surface area contributed by atoms with E-state index in [0.29, 0.717) is 17.9 Å². The van der Waals surface area contributed by atoms with E-state index >= 15 is 0 Å². The van der Waals surface area contributed by atoms with Crippen LogP contribution in [0.4, 0.5) is 0 Å². The van der Waals surface area contributed by atoms with Crippen LogP contribution in [0.15, 0.2) is 35.3 Å². The molecule has 0 saturated heterocycles. The van der Waals surface area contributed by atoms with Gasteiger partial charge in [-0.05, 0) is 43.1 Å². The molecule has 4 heteroatoms. The van der Waals surface area contributed by atoms with Crippen LogP contribution in [0.5, 0.6) is 0 Å². The number of nitrogens with one attached hydrogen (secondary N) is 2. The van der Waals surface area contributed by atoms with E-state index in [1.165, 1.54) is 12.0 Å². The minimum atomic E-state index is 0.312. The normalized spacial score (nSPS) is 21.6. The second-order valence-corrected chi connectivity index (χ2v) is 6.92. The van der Waals surface area contributed by atoms with Crippen LogP contribution in [0.3, 0.4) is 0 Å². The zero-order valence-corrected chi connectivity index (χ0v) is 15.6. The number of hydrogen-bond acceptors (Lipinski definition) is 2. The summed E-state index contributed by atoms with van der Waals surface area (Å²) in [6.45, 7) is 9.13. The maximum absolute atomic E-state index is 5.79. The minimum Gasteiger partial charge on any atom is -0.378 e. The lowest BCUT2D eigenvalue weighted by molar-refractivity contribution is 0.0258. The Balaban J connectivity index is 1.66. The molecule has 0 heterocycles. The highest BCUT2D eigenvalue weighted by molar-refractivity contribution is 5.79. The first-order chi connectivity index (χ1) is 11.7. The predicted molar refractivity (Wildman–Crippen MR) is 102 cm³/mol. The molecule has 1 aromatic carbocycles. The van der Waals surface area contributed by atoms with Crippen LogP contribution in [0.2, 0.25) is 0 Å². The molecule has 1 saturated carbocycles. The first-order valence-electron chi connectivity index (χ1n) is 9.26. The van der Waals surface area contributed by atoms with Crippen LogP contribution in [-0.2, 0) is 4.74 Å². The topological polar surface area (TPSA) is 45.6 Å². The molecule has 134 valence electrons. The molecule has 0 radical (unpaired) electrons. The van der Waals surface area contributed by atoms with Crippen molar-refractivity contribution in [1.82, 2.24) is 10.6 Å². The summed E-state index contributed by atoms with van der Waals surface area (Å²) in [6.07, 6.45) is 2.59. The molecule has 0 bridgehead atoms. The van der Waals surface area contributed by atoms with Gasteiger partial charge in [0.2, 0.25) is 0 Å². The summed E-state index contributed by atoms with van der Waals surface area (Å²) in [4.78, 5) is 4.33. The summed E-state index contributed by atoms with van der Waals surface area (Å²) in [5.41, 5.74) is 1.46. The average Bonchev–Trinajstić information content (AvgIpc) is 3.37. The summed E-state index contributed by atoms with van der Waals surface area (Å²) in [5.74, 6) is 2.87. The molecule has 3 atom stereocenters. The van der Waals surface area contributed by atoms with E-state index in [4.69, 9.17) is 4.74 Å². The maximum atomic E-state index is 5.79. The van der Waals surface area contributed by atoms with Gasteiger partial charge in [-0.15, -0.1) is 0 Å². The fourth-order valence-electron chi connectivity index (χ4n) is 3.19. The van der Waals surface area contributed by atoms with E-state index in [9.17, 15) is 0 Å². The molecule has 4 nitrogen and oxygen atoms in total. The Morgan fingerprint density at radius 3 is 2.62 bits per heavy atom. The van der Waals surface area contributed by atoms with Crippen molar-refractivity contribution in [1.29, 1.82) is 0 Å². The van der Waals surface area contributed by atoms with Crippen molar-refractivity contribution in [2.45, 2.75) is 45.6 Å². The van der Waals surface area contributed by atoms with Gasteiger partial charge in [0.05, 0.1) is 6.10 Å². The lowest BCUT2D eigenvalue weighted by atomic mass is 10.0. The van der Waals surface area contributed by atoms with Gasteiger partial charge in [0.25, 0.3) is 0 Å². The van der Waals surface area contributed by atoms with Gasteiger partial charge in [0.15, 0.2) is 5.96 Å². The number of aliphatic imine (C=N–C) groups is 1. The van der Waals surface area contributed by atoms with Crippen LogP contribution in [0, 0.1) is 11.8 Å². The van der Waals surface area contributed by atoms with Crippen LogP contribution in [0.25, 0.3) is 0 Å². The smallest absolute Gasteiger partial charge is 0.190 e. The molecule has 1 aliphatic rings. The van der Waals surface area contributed by atoms with Gasteiger partial charge in [-0.25, -0.2) is 0 Å². The van der Waals surface area contributed by atoms with Gasteiger partial charge in [-0.1, -0.05) is 44.2 Å². The Hall–Kier alpha value is -1.55. The fraction of sp³-hybridized carbons (Fsp3) is 0.650. The van der Waals surface area contributed by atoms with Gasteiger partial charge >= 0.3 is 0 Å². The zero-order chi connectivity index (χ0) is 17.4. The molecule has 0 spiro atoms. The lowest BCUT2D eigenvalue weighted by Crippen LogP contribution is -2.40. The third kappa shape index (κ3) is 5.82. The van der Waals surface area contributed by atoms with E-state index in [0.717, 1.165) is 38.0 Å². The Morgan fingerprint density at radius 2 is 2.00 bits per heavy atom. The molecule has 0 aliphatic heterocycles. The third-order valence-electron chi connectivity index (χ3n) is 4.75. The number of rotatable bonds is 9. The summed E-state index contributed by atoms with van der Waals surface area (Å²) >= 11 is 0. The monoisotopic (exact) mass is 331 g/mol. The van der Waals surface area contributed by atoms with E-state index < -0.39 is 0 Å². The third-order valence-corrected chi connectivity index (χ3v) is 4.75. The zero-order valence-electron chi connectivity index (χ0n) is 15.6. The lowest BCUT2D eigenvalue weighted by Gasteiger charge is -2.21. The summed E-state index contributed by atoms with van der Waals surface area (Å²) in [6, 6.07) is 10.8. The van der Waals surface area contributed by atoms with Crippen molar-refractivity contribution in [2.24, 2.45) is 16.8 Å². The van der Waals surface area contributed by atoms with Crippen molar-refractivity contribution in [3.63, 3.8) is 0 Å². The van der Waals surface area contributed by atoms with Gasteiger partial charge < -0.3 is 15.4 Å². The number of ether oxygens (including phenoxy) is 1. The summed E-state index contributed by atoms with van der Waals surface area (Å²) < 4.78 is 5.79. The Morgan fingerprint density at radius 1 is 1.25 bits per heavy atom. The van der Waals surface area contributed by atoms with Crippen molar-refractivity contribution >= 4 is 5.96 Å². The second kappa shape index (κ2) is 9.67. The molecule has 1 aromatic rings. The van der Waals surface area contributed by atoms with Crippen molar-refractivity contribution in [2.75, 3.05) is 26.7 Å². The molecule has 2 rings (SSSR count). The second-order valence-electron chi connectivity index (χ2n) is 6.92. The predicted octanol–water partition coefficient (Wildman–Crippen LogP) is 3.41. The van der Waals surface area contributed by atoms with E-state index in [1.54, 1.807) is 0 Å². The molecular weight excluding hydrogens is 298 g/mol. The number of hydrogen-bond donors (Lipinski definition) is 2. The molecule has 1 aliphatic carbocycles. The van der Waals surface area contributed by atoms with Crippen LogP contribution in [0.1, 0.15) is 45.1 Å². The van der Waals surface area contributed by atoms with Crippen molar-refractivity contribution in [3.05, 3.63) is 35.9 Å². The average molecular weight is 332 g/mol. The Labute approximate surface area is 147 Å². The molecule has 1 fully saturated rings. The summed E-state index contributed by atoms with van der Waals surface area (Å²) in [7, 11) is 1.83. The maximum Gasteiger partial charge on any atom is 0.190 e. The molecule has 0 amide bonds. The van der Waals surface area contributed by atoms with Gasteiger partial charge in [-0.3, -0.25) is 4.99 Å². The van der Waals surface area contributed by atoms with E-state index in [1.807, 2.05) is 7.05 Å². The van der Waals surface area contributed by atoms with Gasteiger partial charge in [0.1, 0.15) is 0 Å². The molecule has 2 N–H and O–H groups in total. The quantitative estimate of drug-likeness (QED) is 0.538. The SMILES string of the molecule is CCOC(CCNC(=NC)NCC1CC1c1ccccc1)C(C)C.